The third kappa shape index (κ3) is 4.98. The zero-order valence-corrected chi connectivity index (χ0v) is 18.2. The summed E-state index contributed by atoms with van der Waals surface area (Å²) in [5.41, 5.74) is 3.47. The molecule has 1 aromatic carbocycles. The van der Waals surface area contributed by atoms with Gasteiger partial charge in [0.05, 0.1) is 5.25 Å². The second kappa shape index (κ2) is 8.86. The van der Waals surface area contributed by atoms with Crippen LogP contribution in [0.1, 0.15) is 45.7 Å². The van der Waals surface area contributed by atoms with Gasteiger partial charge in [-0.15, -0.1) is 10.2 Å². The van der Waals surface area contributed by atoms with Crippen LogP contribution in [0, 0.1) is 13.8 Å². The third-order valence-electron chi connectivity index (χ3n) is 4.25. The van der Waals surface area contributed by atoms with Crippen molar-refractivity contribution in [2.45, 2.75) is 70.1 Å². The number of rotatable bonds is 7. The number of aromatic nitrogens is 2. The van der Waals surface area contributed by atoms with Gasteiger partial charge < -0.3 is 10.2 Å². The van der Waals surface area contributed by atoms with Crippen LogP contribution in [0.3, 0.4) is 0 Å². The zero-order valence-electron chi connectivity index (χ0n) is 16.5. The molecular weight excluding hydrogens is 364 g/mol. The molecule has 0 saturated carbocycles. The molecule has 1 amide bonds. The van der Waals surface area contributed by atoms with Crippen LogP contribution in [0.25, 0.3) is 0 Å². The molecule has 1 atom stereocenters. The molecule has 0 aliphatic heterocycles. The summed E-state index contributed by atoms with van der Waals surface area (Å²) in [5, 5.41) is 12.3. The number of amides is 1. The van der Waals surface area contributed by atoms with E-state index >= 15 is 0 Å². The van der Waals surface area contributed by atoms with Gasteiger partial charge in [0.25, 0.3) is 0 Å². The lowest BCUT2D eigenvalue weighted by atomic mass is 10.1. The summed E-state index contributed by atoms with van der Waals surface area (Å²) in [6.07, 6.45) is 0. The van der Waals surface area contributed by atoms with Crippen molar-refractivity contribution in [3.63, 3.8) is 0 Å². The lowest BCUT2D eigenvalue weighted by Gasteiger charge is -2.32. The number of carbonyl (C=O) groups excluding carboxylic acids is 1. The second-order valence-corrected chi connectivity index (χ2v) is 9.50. The molecule has 142 valence electrons. The molecule has 1 aromatic heterocycles. The van der Waals surface area contributed by atoms with Crippen LogP contribution in [0.5, 0.6) is 0 Å². The van der Waals surface area contributed by atoms with Crippen molar-refractivity contribution >= 4 is 39.8 Å². The Balaban J connectivity index is 2.05. The number of carbonyl (C=O) groups is 1. The normalized spacial score (nSPS) is 12.5. The van der Waals surface area contributed by atoms with Crippen molar-refractivity contribution in [2.75, 3.05) is 5.32 Å². The van der Waals surface area contributed by atoms with E-state index in [1.54, 1.807) is 0 Å². The first-order valence-corrected chi connectivity index (χ1v) is 10.6. The molecule has 0 aliphatic rings. The Labute approximate surface area is 164 Å². The summed E-state index contributed by atoms with van der Waals surface area (Å²) < 4.78 is 0.797. The van der Waals surface area contributed by atoms with Crippen LogP contribution in [-0.2, 0) is 4.79 Å². The van der Waals surface area contributed by atoms with Crippen molar-refractivity contribution in [3.8, 4) is 0 Å². The summed E-state index contributed by atoms with van der Waals surface area (Å²) in [4.78, 5) is 14.7. The van der Waals surface area contributed by atoms with Crippen molar-refractivity contribution in [1.82, 2.24) is 15.1 Å². The van der Waals surface area contributed by atoms with E-state index in [9.17, 15) is 4.79 Å². The maximum absolute atomic E-state index is 12.8. The molecule has 0 fully saturated rings. The van der Waals surface area contributed by atoms with Crippen LogP contribution in [0.2, 0.25) is 0 Å². The predicted octanol–water partition coefficient (Wildman–Crippen LogP) is 5.02. The Morgan fingerprint density at radius 1 is 1.12 bits per heavy atom. The topological polar surface area (TPSA) is 58.1 Å². The molecular formula is C19H28N4OS2. The van der Waals surface area contributed by atoms with E-state index in [0.717, 1.165) is 15.2 Å². The van der Waals surface area contributed by atoms with Crippen LogP contribution >= 0.6 is 23.1 Å². The fourth-order valence-electron chi connectivity index (χ4n) is 2.83. The summed E-state index contributed by atoms with van der Waals surface area (Å²) in [6, 6.07) is 6.51. The molecule has 0 bridgehead atoms. The fraction of sp³-hybridized carbons (Fsp3) is 0.526. The minimum absolute atomic E-state index is 0.138. The van der Waals surface area contributed by atoms with Gasteiger partial charge in [-0.3, -0.25) is 4.79 Å². The fourth-order valence-corrected chi connectivity index (χ4v) is 4.79. The Morgan fingerprint density at radius 3 is 2.38 bits per heavy atom. The van der Waals surface area contributed by atoms with Crippen LogP contribution in [0.4, 0.5) is 10.8 Å². The van der Waals surface area contributed by atoms with Crippen molar-refractivity contribution in [3.05, 3.63) is 29.3 Å². The first-order chi connectivity index (χ1) is 12.2. The number of nitrogens with one attached hydrogen (secondary N) is 1. The first kappa shape index (κ1) is 20.7. The molecule has 0 spiro atoms. The first-order valence-electron chi connectivity index (χ1n) is 8.86. The van der Waals surface area contributed by atoms with Gasteiger partial charge in [0.1, 0.15) is 0 Å². The smallest absolute Gasteiger partial charge is 0.236 e. The SMILES string of the molecule is Cc1cccc(Nc2nnc(SC(C)C(=O)N(C(C)C)C(C)C)s2)c1C. The van der Waals surface area contributed by atoms with E-state index in [1.807, 2.05) is 51.7 Å². The molecule has 0 saturated heterocycles. The van der Waals surface area contributed by atoms with E-state index in [1.165, 1.54) is 34.2 Å². The van der Waals surface area contributed by atoms with E-state index in [2.05, 4.69) is 35.4 Å². The summed E-state index contributed by atoms with van der Waals surface area (Å²) >= 11 is 2.94. The Hall–Kier alpha value is -1.60. The van der Waals surface area contributed by atoms with Gasteiger partial charge in [-0.25, -0.2) is 0 Å². The average Bonchev–Trinajstić information content (AvgIpc) is 2.98. The Morgan fingerprint density at radius 2 is 1.77 bits per heavy atom. The van der Waals surface area contributed by atoms with E-state index in [-0.39, 0.29) is 23.2 Å². The molecule has 5 nitrogen and oxygen atoms in total. The van der Waals surface area contributed by atoms with Gasteiger partial charge in [0, 0.05) is 17.8 Å². The Kier molecular flexibility index (Phi) is 7.06. The number of anilines is 2. The van der Waals surface area contributed by atoms with Crippen LogP contribution < -0.4 is 5.32 Å². The molecule has 2 aromatic rings. The van der Waals surface area contributed by atoms with Gasteiger partial charge in [-0.05, 0) is 65.7 Å². The maximum Gasteiger partial charge on any atom is 0.236 e. The highest BCUT2D eigenvalue weighted by Gasteiger charge is 2.26. The van der Waals surface area contributed by atoms with E-state index in [4.69, 9.17) is 0 Å². The van der Waals surface area contributed by atoms with E-state index < -0.39 is 0 Å². The second-order valence-electron chi connectivity index (χ2n) is 6.94. The van der Waals surface area contributed by atoms with Crippen molar-refractivity contribution in [2.24, 2.45) is 0 Å². The zero-order chi connectivity index (χ0) is 19.4. The van der Waals surface area contributed by atoms with Gasteiger partial charge >= 0.3 is 0 Å². The minimum Gasteiger partial charge on any atom is -0.337 e. The summed E-state index contributed by atoms with van der Waals surface area (Å²) in [5.74, 6) is 0.138. The highest BCUT2D eigenvalue weighted by molar-refractivity contribution is 8.02. The molecule has 26 heavy (non-hydrogen) atoms. The molecule has 0 aliphatic carbocycles. The molecule has 2 rings (SSSR count). The van der Waals surface area contributed by atoms with Crippen molar-refractivity contribution < 1.29 is 4.79 Å². The summed E-state index contributed by atoms with van der Waals surface area (Å²) in [6.45, 7) is 14.3. The standard InChI is InChI=1S/C19H28N4OS2/c1-11(2)23(12(3)4)17(24)15(7)25-19-22-21-18(26-19)20-16-10-8-9-13(5)14(16)6/h8-12,15H,1-7H3,(H,20,21). The number of benzene rings is 1. The Bertz CT molecular complexity index is 750. The van der Waals surface area contributed by atoms with Crippen molar-refractivity contribution in [1.29, 1.82) is 0 Å². The monoisotopic (exact) mass is 392 g/mol. The number of aryl methyl sites for hydroxylation is 1. The maximum atomic E-state index is 12.8. The number of nitrogens with zero attached hydrogens (tertiary/aromatic N) is 3. The number of hydrogen-bond acceptors (Lipinski definition) is 6. The molecule has 1 unspecified atom stereocenters. The number of thioether (sulfide) groups is 1. The van der Waals surface area contributed by atoms with E-state index in [0.29, 0.717) is 0 Å². The van der Waals surface area contributed by atoms with Crippen LogP contribution in [-0.4, -0.2) is 38.3 Å². The minimum atomic E-state index is -0.193. The van der Waals surface area contributed by atoms with Gasteiger partial charge in [0.15, 0.2) is 4.34 Å². The molecule has 7 heteroatoms. The highest BCUT2D eigenvalue weighted by Crippen LogP contribution is 2.32. The third-order valence-corrected chi connectivity index (χ3v) is 6.26. The molecule has 1 N–H and O–H groups in total. The quantitative estimate of drug-likeness (QED) is 0.670. The lowest BCUT2D eigenvalue weighted by molar-refractivity contribution is -0.133. The van der Waals surface area contributed by atoms with Gasteiger partial charge in [0.2, 0.25) is 11.0 Å². The van der Waals surface area contributed by atoms with Gasteiger partial charge in [-0.1, -0.05) is 35.2 Å². The molecule has 1 heterocycles. The predicted molar refractivity (Wildman–Crippen MR) is 112 cm³/mol. The molecule has 0 radical (unpaired) electrons. The largest absolute Gasteiger partial charge is 0.337 e. The summed E-state index contributed by atoms with van der Waals surface area (Å²) in [7, 11) is 0. The number of hydrogen-bond donors (Lipinski definition) is 1. The average molecular weight is 393 g/mol. The highest BCUT2D eigenvalue weighted by atomic mass is 32.2. The van der Waals surface area contributed by atoms with Gasteiger partial charge in [-0.2, -0.15) is 0 Å². The van der Waals surface area contributed by atoms with Crippen LogP contribution in [0.15, 0.2) is 22.5 Å². The lowest BCUT2D eigenvalue weighted by Crippen LogP contribution is -2.45.